The fraction of sp³-hybridized carbons (Fsp3) is 0.462. The van der Waals surface area contributed by atoms with Gasteiger partial charge in [-0.3, -0.25) is 4.79 Å². The molecular formula is C13H20N2O. The van der Waals surface area contributed by atoms with Crippen LogP contribution in [-0.2, 0) is 0 Å². The van der Waals surface area contributed by atoms with E-state index >= 15 is 0 Å². The molecule has 0 fully saturated rings. The van der Waals surface area contributed by atoms with Gasteiger partial charge < -0.3 is 11.1 Å². The van der Waals surface area contributed by atoms with Gasteiger partial charge in [-0.2, -0.15) is 0 Å². The van der Waals surface area contributed by atoms with Gasteiger partial charge >= 0.3 is 0 Å². The van der Waals surface area contributed by atoms with E-state index in [4.69, 9.17) is 5.73 Å². The first-order valence-corrected chi connectivity index (χ1v) is 5.66. The van der Waals surface area contributed by atoms with Crippen molar-refractivity contribution >= 4 is 5.91 Å². The Morgan fingerprint density at radius 2 is 1.94 bits per heavy atom. The van der Waals surface area contributed by atoms with Gasteiger partial charge in [-0.15, -0.1) is 0 Å². The van der Waals surface area contributed by atoms with E-state index in [9.17, 15) is 4.79 Å². The molecule has 0 spiro atoms. The second-order valence-electron chi connectivity index (χ2n) is 4.15. The van der Waals surface area contributed by atoms with Crippen molar-refractivity contribution in [3.8, 4) is 0 Å². The molecule has 3 N–H and O–H groups in total. The Bertz CT molecular complexity index is 354. The van der Waals surface area contributed by atoms with Crippen LogP contribution in [0, 0.1) is 13.8 Å². The average Bonchev–Trinajstić information content (AvgIpc) is 2.25. The smallest absolute Gasteiger partial charge is 0.251 e. The zero-order valence-corrected chi connectivity index (χ0v) is 10.2. The van der Waals surface area contributed by atoms with Crippen molar-refractivity contribution in [2.75, 3.05) is 6.54 Å². The lowest BCUT2D eigenvalue weighted by Gasteiger charge is -2.13. The zero-order valence-electron chi connectivity index (χ0n) is 10.2. The minimum Gasteiger partial charge on any atom is -0.350 e. The summed E-state index contributed by atoms with van der Waals surface area (Å²) in [6.45, 7) is 6.43. The molecule has 1 rings (SSSR count). The minimum atomic E-state index is -0.0282. The van der Waals surface area contributed by atoms with Crippen LogP contribution in [0.5, 0.6) is 0 Å². The van der Waals surface area contributed by atoms with Gasteiger partial charge in [-0.25, -0.2) is 0 Å². The predicted molar refractivity (Wildman–Crippen MR) is 66.5 cm³/mol. The van der Waals surface area contributed by atoms with E-state index in [0.717, 1.165) is 23.1 Å². The molecule has 1 aromatic carbocycles. The van der Waals surface area contributed by atoms with E-state index in [1.807, 2.05) is 39.0 Å². The summed E-state index contributed by atoms with van der Waals surface area (Å²) in [6, 6.07) is 5.89. The Morgan fingerprint density at radius 1 is 1.38 bits per heavy atom. The number of carbonyl (C=O) groups is 1. The molecule has 0 aliphatic rings. The maximum Gasteiger partial charge on any atom is 0.251 e. The first-order chi connectivity index (χ1) is 7.56. The largest absolute Gasteiger partial charge is 0.350 e. The van der Waals surface area contributed by atoms with Crippen molar-refractivity contribution < 1.29 is 4.79 Å². The van der Waals surface area contributed by atoms with E-state index in [-0.39, 0.29) is 11.9 Å². The summed E-state index contributed by atoms with van der Waals surface area (Å²) >= 11 is 0. The van der Waals surface area contributed by atoms with Crippen LogP contribution in [0.25, 0.3) is 0 Å². The summed E-state index contributed by atoms with van der Waals surface area (Å²) in [5.41, 5.74) is 8.53. The van der Waals surface area contributed by atoms with E-state index in [0.29, 0.717) is 6.54 Å². The Kier molecular flexibility index (Phi) is 4.50. The van der Waals surface area contributed by atoms with Crippen LogP contribution in [0.2, 0.25) is 0 Å². The van der Waals surface area contributed by atoms with Crippen molar-refractivity contribution in [3.63, 3.8) is 0 Å². The summed E-state index contributed by atoms with van der Waals surface area (Å²) in [7, 11) is 0. The SMILES string of the molecule is CCC(N)CNC(=O)c1c(C)cccc1C. The van der Waals surface area contributed by atoms with Crippen molar-refractivity contribution in [2.45, 2.75) is 33.2 Å². The van der Waals surface area contributed by atoms with Gasteiger partial charge in [0, 0.05) is 18.2 Å². The highest BCUT2D eigenvalue weighted by molar-refractivity contribution is 5.97. The van der Waals surface area contributed by atoms with Gasteiger partial charge in [0.2, 0.25) is 0 Å². The van der Waals surface area contributed by atoms with Crippen LogP contribution < -0.4 is 11.1 Å². The van der Waals surface area contributed by atoms with Crippen LogP contribution in [0.4, 0.5) is 0 Å². The van der Waals surface area contributed by atoms with E-state index in [1.165, 1.54) is 0 Å². The maximum atomic E-state index is 11.9. The molecule has 1 aromatic rings. The van der Waals surface area contributed by atoms with E-state index < -0.39 is 0 Å². The first kappa shape index (κ1) is 12.7. The maximum absolute atomic E-state index is 11.9. The third-order valence-corrected chi connectivity index (χ3v) is 2.76. The molecular weight excluding hydrogens is 200 g/mol. The fourth-order valence-corrected chi connectivity index (χ4v) is 1.63. The summed E-state index contributed by atoms with van der Waals surface area (Å²) in [5.74, 6) is -0.0282. The molecule has 0 heterocycles. The topological polar surface area (TPSA) is 55.1 Å². The van der Waals surface area contributed by atoms with Crippen LogP contribution in [-0.4, -0.2) is 18.5 Å². The lowest BCUT2D eigenvalue weighted by Crippen LogP contribution is -2.37. The Hall–Kier alpha value is -1.35. The van der Waals surface area contributed by atoms with Crippen molar-refractivity contribution in [2.24, 2.45) is 5.73 Å². The Balaban J connectivity index is 2.73. The third kappa shape index (κ3) is 3.07. The molecule has 0 aliphatic carbocycles. The van der Waals surface area contributed by atoms with Gasteiger partial charge in [0.15, 0.2) is 0 Å². The molecule has 1 amide bonds. The first-order valence-electron chi connectivity index (χ1n) is 5.66. The number of rotatable bonds is 4. The molecule has 0 radical (unpaired) electrons. The number of benzene rings is 1. The summed E-state index contributed by atoms with van der Waals surface area (Å²) in [6.07, 6.45) is 0.868. The van der Waals surface area contributed by atoms with E-state index in [1.54, 1.807) is 0 Å². The highest BCUT2D eigenvalue weighted by Gasteiger charge is 2.11. The number of aryl methyl sites for hydroxylation is 2. The van der Waals surface area contributed by atoms with Crippen molar-refractivity contribution in [1.29, 1.82) is 0 Å². The molecule has 0 saturated carbocycles. The van der Waals surface area contributed by atoms with Crippen LogP contribution in [0.1, 0.15) is 34.8 Å². The van der Waals surface area contributed by atoms with Crippen molar-refractivity contribution in [3.05, 3.63) is 34.9 Å². The number of carbonyl (C=O) groups excluding carboxylic acids is 1. The molecule has 3 nitrogen and oxygen atoms in total. The van der Waals surface area contributed by atoms with Crippen molar-refractivity contribution in [1.82, 2.24) is 5.32 Å². The molecule has 3 heteroatoms. The lowest BCUT2D eigenvalue weighted by molar-refractivity contribution is 0.0950. The lowest BCUT2D eigenvalue weighted by atomic mass is 10.0. The molecule has 0 saturated heterocycles. The van der Waals surface area contributed by atoms with Crippen LogP contribution in [0.3, 0.4) is 0 Å². The monoisotopic (exact) mass is 220 g/mol. The minimum absolute atomic E-state index is 0.0282. The van der Waals surface area contributed by atoms with Gasteiger partial charge in [0.1, 0.15) is 0 Å². The van der Waals surface area contributed by atoms with Gasteiger partial charge in [0.25, 0.3) is 5.91 Å². The summed E-state index contributed by atoms with van der Waals surface area (Å²) < 4.78 is 0. The average molecular weight is 220 g/mol. The third-order valence-electron chi connectivity index (χ3n) is 2.76. The summed E-state index contributed by atoms with van der Waals surface area (Å²) in [4.78, 5) is 11.9. The molecule has 1 atom stereocenters. The number of nitrogens with one attached hydrogen (secondary N) is 1. The zero-order chi connectivity index (χ0) is 12.1. The van der Waals surface area contributed by atoms with Crippen LogP contribution in [0.15, 0.2) is 18.2 Å². The Morgan fingerprint density at radius 3 is 2.44 bits per heavy atom. The van der Waals surface area contributed by atoms with Gasteiger partial charge in [-0.1, -0.05) is 25.1 Å². The second kappa shape index (κ2) is 5.66. The Labute approximate surface area is 97.0 Å². The molecule has 0 aromatic heterocycles. The number of hydrogen-bond donors (Lipinski definition) is 2. The normalized spacial score (nSPS) is 12.2. The fourth-order valence-electron chi connectivity index (χ4n) is 1.63. The quantitative estimate of drug-likeness (QED) is 0.812. The molecule has 0 bridgehead atoms. The second-order valence-corrected chi connectivity index (χ2v) is 4.15. The van der Waals surface area contributed by atoms with Crippen LogP contribution >= 0.6 is 0 Å². The standard InChI is InChI=1S/C13H20N2O/c1-4-11(14)8-15-13(16)12-9(2)6-5-7-10(12)3/h5-7,11H,4,8,14H2,1-3H3,(H,15,16). The van der Waals surface area contributed by atoms with E-state index in [2.05, 4.69) is 5.32 Å². The number of nitrogens with two attached hydrogens (primary N) is 1. The molecule has 16 heavy (non-hydrogen) atoms. The van der Waals surface area contributed by atoms with Gasteiger partial charge in [-0.05, 0) is 31.4 Å². The molecule has 0 aliphatic heterocycles. The van der Waals surface area contributed by atoms with Gasteiger partial charge in [0.05, 0.1) is 0 Å². The number of hydrogen-bond acceptors (Lipinski definition) is 2. The molecule has 88 valence electrons. The summed E-state index contributed by atoms with van der Waals surface area (Å²) in [5, 5.41) is 2.87. The number of amides is 1. The highest BCUT2D eigenvalue weighted by atomic mass is 16.1. The molecule has 1 unspecified atom stereocenters. The highest BCUT2D eigenvalue weighted by Crippen LogP contribution is 2.12. The predicted octanol–water partition coefficient (Wildman–Crippen LogP) is 1.77.